The summed E-state index contributed by atoms with van der Waals surface area (Å²) >= 11 is 0. The van der Waals surface area contributed by atoms with Gasteiger partial charge in [0.25, 0.3) is 0 Å². The van der Waals surface area contributed by atoms with E-state index in [1.54, 1.807) is 0 Å². The quantitative estimate of drug-likeness (QED) is 0.797. The molecule has 0 aromatic carbocycles. The number of nitrogens with zero attached hydrogens (tertiary/aromatic N) is 1. The molecule has 1 aliphatic carbocycles. The van der Waals surface area contributed by atoms with Gasteiger partial charge in [0.1, 0.15) is 0 Å². The number of piperidine rings is 1. The normalized spacial score (nSPS) is 32.1. The standard InChI is InChI=1S/C15H30N2/c1-2-6-14(16)10-12-17-11-5-8-13-7-3-4-9-15(13)17/h13-15H,2-12,16H2,1H3. The van der Waals surface area contributed by atoms with Crippen molar-refractivity contribution < 1.29 is 0 Å². The Morgan fingerprint density at radius 2 is 1.88 bits per heavy atom. The van der Waals surface area contributed by atoms with Crippen molar-refractivity contribution in [2.75, 3.05) is 13.1 Å². The van der Waals surface area contributed by atoms with Crippen molar-refractivity contribution in [3.05, 3.63) is 0 Å². The molecule has 2 nitrogen and oxygen atoms in total. The number of hydrogen-bond donors (Lipinski definition) is 1. The molecule has 0 spiro atoms. The lowest BCUT2D eigenvalue weighted by molar-refractivity contribution is 0.0584. The molecule has 100 valence electrons. The van der Waals surface area contributed by atoms with Crippen molar-refractivity contribution in [1.29, 1.82) is 0 Å². The summed E-state index contributed by atoms with van der Waals surface area (Å²) in [6.45, 7) is 4.82. The van der Waals surface area contributed by atoms with Crippen LogP contribution in [-0.4, -0.2) is 30.1 Å². The highest BCUT2D eigenvalue weighted by Crippen LogP contribution is 2.35. The van der Waals surface area contributed by atoms with Crippen LogP contribution in [0.4, 0.5) is 0 Å². The van der Waals surface area contributed by atoms with E-state index in [0.29, 0.717) is 6.04 Å². The maximum absolute atomic E-state index is 6.14. The van der Waals surface area contributed by atoms with Crippen molar-refractivity contribution >= 4 is 0 Å². The van der Waals surface area contributed by atoms with Gasteiger partial charge >= 0.3 is 0 Å². The van der Waals surface area contributed by atoms with Crippen LogP contribution < -0.4 is 5.73 Å². The molecule has 17 heavy (non-hydrogen) atoms. The minimum Gasteiger partial charge on any atom is -0.328 e. The second-order valence-corrected chi connectivity index (χ2v) is 6.13. The Balaban J connectivity index is 1.78. The molecule has 0 radical (unpaired) electrons. The van der Waals surface area contributed by atoms with E-state index in [2.05, 4.69) is 11.8 Å². The number of hydrogen-bond acceptors (Lipinski definition) is 2. The molecule has 0 aromatic heterocycles. The number of nitrogens with two attached hydrogens (primary N) is 1. The van der Waals surface area contributed by atoms with Crippen LogP contribution in [0.1, 0.15) is 64.7 Å². The summed E-state index contributed by atoms with van der Waals surface area (Å²) in [6, 6.07) is 1.34. The van der Waals surface area contributed by atoms with E-state index in [1.807, 2.05) is 0 Å². The fourth-order valence-corrected chi connectivity index (χ4v) is 3.85. The molecule has 1 aliphatic heterocycles. The zero-order chi connectivity index (χ0) is 12.1. The van der Waals surface area contributed by atoms with Gasteiger partial charge in [0.15, 0.2) is 0 Å². The molecule has 3 unspecified atom stereocenters. The first-order chi connectivity index (χ1) is 8.31. The van der Waals surface area contributed by atoms with Crippen molar-refractivity contribution in [3.63, 3.8) is 0 Å². The molecule has 1 saturated heterocycles. The van der Waals surface area contributed by atoms with E-state index in [0.717, 1.165) is 12.0 Å². The Bertz CT molecular complexity index is 215. The van der Waals surface area contributed by atoms with Gasteiger partial charge in [-0.15, -0.1) is 0 Å². The molecule has 1 saturated carbocycles. The summed E-state index contributed by atoms with van der Waals surface area (Å²) in [5.74, 6) is 1.01. The smallest absolute Gasteiger partial charge is 0.0123 e. The molecule has 0 amide bonds. The molecule has 2 rings (SSSR count). The second-order valence-electron chi connectivity index (χ2n) is 6.13. The zero-order valence-electron chi connectivity index (χ0n) is 11.5. The molecular formula is C15H30N2. The largest absolute Gasteiger partial charge is 0.328 e. The van der Waals surface area contributed by atoms with Crippen LogP contribution in [0.2, 0.25) is 0 Å². The van der Waals surface area contributed by atoms with Crippen LogP contribution in [0.25, 0.3) is 0 Å². The van der Waals surface area contributed by atoms with Gasteiger partial charge in [0.05, 0.1) is 0 Å². The molecule has 0 aromatic rings. The fraction of sp³-hybridized carbons (Fsp3) is 1.00. The van der Waals surface area contributed by atoms with Crippen LogP contribution in [0, 0.1) is 5.92 Å². The van der Waals surface area contributed by atoms with E-state index in [1.165, 1.54) is 70.9 Å². The van der Waals surface area contributed by atoms with Gasteiger partial charge in [-0.2, -0.15) is 0 Å². The highest BCUT2D eigenvalue weighted by atomic mass is 15.2. The fourth-order valence-electron chi connectivity index (χ4n) is 3.85. The zero-order valence-corrected chi connectivity index (χ0v) is 11.5. The van der Waals surface area contributed by atoms with Crippen LogP contribution in [0.5, 0.6) is 0 Å². The maximum atomic E-state index is 6.14. The summed E-state index contributed by atoms with van der Waals surface area (Å²) in [4.78, 5) is 2.77. The Kier molecular flexibility index (Phi) is 5.30. The van der Waals surface area contributed by atoms with E-state index in [4.69, 9.17) is 5.73 Å². The lowest BCUT2D eigenvalue weighted by Gasteiger charge is -2.44. The average Bonchev–Trinajstić information content (AvgIpc) is 2.36. The highest BCUT2D eigenvalue weighted by molar-refractivity contribution is 4.87. The van der Waals surface area contributed by atoms with Gasteiger partial charge in [0.2, 0.25) is 0 Å². The first-order valence-electron chi connectivity index (χ1n) is 7.81. The Morgan fingerprint density at radius 3 is 2.71 bits per heavy atom. The van der Waals surface area contributed by atoms with E-state index in [9.17, 15) is 0 Å². The predicted octanol–water partition coefficient (Wildman–Crippen LogP) is 3.16. The second kappa shape index (κ2) is 6.75. The van der Waals surface area contributed by atoms with Gasteiger partial charge in [-0.25, -0.2) is 0 Å². The van der Waals surface area contributed by atoms with Crippen LogP contribution >= 0.6 is 0 Å². The SMILES string of the molecule is CCCC(N)CCN1CCCC2CCCCC21. The van der Waals surface area contributed by atoms with E-state index in [-0.39, 0.29) is 0 Å². The van der Waals surface area contributed by atoms with E-state index < -0.39 is 0 Å². The summed E-state index contributed by atoms with van der Waals surface area (Å²) in [7, 11) is 0. The molecule has 3 atom stereocenters. The number of likely N-dealkylation sites (tertiary alicyclic amines) is 1. The minimum atomic E-state index is 0.434. The van der Waals surface area contributed by atoms with Gasteiger partial charge in [-0.3, -0.25) is 0 Å². The van der Waals surface area contributed by atoms with Gasteiger partial charge in [-0.1, -0.05) is 26.2 Å². The van der Waals surface area contributed by atoms with Gasteiger partial charge < -0.3 is 10.6 Å². The average molecular weight is 238 g/mol. The third-order valence-corrected chi connectivity index (χ3v) is 4.80. The Morgan fingerprint density at radius 1 is 1.12 bits per heavy atom. The summed E-state index contributed by atoms with van der Waals surface area (Å²) < 4.78 is 0. The summed E-state index contributed by atoms with van der Waals surface area (Å²) in [6.07, 6.45) is 12.4. The maximum Gasteiger partial charge on any atom is 0.0123 e. The van der Waals surface area contributed by atoms with Gasteiger partial charge in [-0.05, 0) is 57.5 Å². The highest BCUT2D eigenvalue weighted by Gasteiger charge is 2.32. The van der Waals surface area contributed by atoms with Crippen molar-refractivity contribution in [2.45, 2.75) is 76.8 Å². The monoisotopic (exact) mass is 238 g/mol. The topological polar surface area (TPSA) is 29.3 Å². The first-order valence-corrected chi connectivity index (χ1v) is 7.81. The molecular weight excluding hydrogens is 208 g/mol. The minimum absolute atomic E-state index is 0.434. The molecule has 1 heterocycles. The summed E-state index contributed by atoms with van der Waals surface area (Å²) in [5, 5.41) is 0. The van der Waals surface area contributed by atoms with Crippen LogP contribution in [-0.2, 0) is 0 Å². The third-order valence-electron chi connectivity index (χ3n) is 4.80. The predicted molar refractivity (Wildman–Crippen MR) is 74.1 cm³/mol. The molecule has 2 fully saturated rings. The van der Waals surface area contributed by atoms with Crippen LogP contribution in [0.3, 0.4) is 0 Å². The lowest BCUT2D eigenvalue weighted by atomic mass is 9.78. The molecule has 2 aliphatic rings. The molecule has 0 bridgehead atoms. The van der Waals surface area contributed by atoms with Crippen molar-refractivity contribution in [3.8, 4) is 0 Å². The van der Waals surface area contributed by atoms with Crippen molar-refractivity contribution in [2.24, 2.45) is 11.7 Å². The number of fused-ring (bicyclic) bond motifs is 1. The van der Waals surface area contributed by atoms with Crippen molar-refractivity contribution in [1.82, 2.24) is 4.90 Å². The number of rotatable bonds is 5. The summed E-state index contributed by atoms with van der Waals surface area (Å²) in [5.41, 5.74) is 6.14. The van der Waals surface area contributed by atoms with Crippen LogP contribution in [0.15, 0.2) is 0 Å². The lowest BCUT2D eigenvalue weighted by Crippen LogP contribution is -2.47. The Labute approximate surface area is 107 Å². The molecule has 2 N–H and O–H groups in total. The van der Waals surface area contributed by atoms with Gasteiger partial charge in [0, 0.05) is 12.1 Å². The molecule has 2 heteroatoms. The van der Waals surface area contributed by atoms with E-state index >= 15 is 0 Å². The first kappa shape index (κ1) is 13.4. The Hall–Kier alpha value is -0.0800. The third kappa shape index (κ3) is 3.69.